The number of rotatable bonds is 8. The topological polar surface area (TPSA) is 81.2 Å². The van der Waals surface area contributed by atoms with Gasteiger partial charge in [0.05, 0.1) is 17.7 Å². The van der Waals surface area contributed by atoms with Crippen LogP contribution in [0.15, 0.2) is 58.7 Å². The van der Waals surface area contributed by atoms with Crippen LogP contribution in [0.25, 0.3) is 11.3 Å². The van der Waals surface area contributed by atoms with Gasteiger partial charge in [0.2, 0.25) is 10.0 Å². The molecular weight excluding hydrogens is 487 g/mol. The van der Waals surface area contributed by atoms with Crippen molar-refractivity contribution >= 4 is 21.8 Å². The maximum absolute atomic E-state index is 13.8. The second-order valence-electron chi connectivity index (χ2n) is 7.71. The Bertz CT molecular complexity index is 1240. The van der Waals surface area contributed by atoms with E-state index in [0.717, 1.165) is 22.9 Å². The minimum Gasteiger partial charge on any atom is -0.497 e. The van der Waals surface area contributed by atoms with E-state index in [1.54, 1.807) is 70.3 Å². The molecular formula is C23H24F3N3O3S2. The molecule has 1 heterocycles. The molecule has 6 nitrogen and oxygen atoms in total. The highest BCUT2D eigenvalue weighted by Crippen LogP contribution is 2.29. The summed E-state index contributed by atoms with van der Waals surface area (Å²) in [6, 6.07) is 9.59. The molecule has 0 aliphatic heterocycles. The highest BCUT2D eigenvalue weighted by Gasteiger charge is 2.43. The molecule has 0 bridgehead atoms. The first kappa shape index (κ1) is 26.0. The third kappa shape index (κ3) is 6.28. The van der Waals surface area contributed by atoms with Crippen LogP contribution in [0.2, 0.25) is 0 Å². The Labute approximate surface area is 201 Å². The van der Waals surface area contributed by atoms with Gasteiger partial charge in [0, 0.05) is 17.5 Å². The third-order valence-electron chi connectivity index (χ3n) is 4.96. The van der Waals surface area contributed by atoms with Crippen molar-refractivity contribution in [2.75, 3.05) is 12.9 Å². The molecule has 1 unspecified atom stereocenters. The van der Waals surface area contributed by atoms with Crippen molar-refractivity contribution < 1.29 is 26.3 Å². The predicted molar refractivity (Wildman–Crippen MR) is 126 cm³/mol. The fourth-order valence-corrected chi connectivity index (χ4v) is 6.19. The number of hydrogen-bond acceptors (Lipinski definition) is 6. The summed E-state index contributed by atoms with van der Waals surface area (Å²) in [6.45, 7) is 4.91. The van der Waals surface area contributed by atoms with E-state index in [1.165, 1.54) is 6.20 Å². The van der Waals surface area contributed by atoms with Crippen LogP contribution < -0.4 is 9.46 Å². The fourth-order valence-electron chi connectivity index (χ4n) is 3.52. The number of alkyl halides is 3. The van der Waals surface area contributed by atoms with Gasteiger partial charge in [-0.05, 0) is 62.2 Å². The van der Waals surface area contributed by atoms with Crippen LogP contribution >= 0.6 is 11.8 Å². The number of halogens is 3. The smallest absolute Gasteiger partial charge is 0.405 e. The number of methoxy groups -OCH3 is 1. The van der Waals surface area contributed by atoms with Crippen LogP contribution in [0.4, 0.5) is 13.2 Å². The van der Waals surface area contributed by atoms with Gasteiger partial charge in [-0.15, -0.1) is 0 Å². The number of nitrogens with zero attached hydrogens (tertiary/aromatic N) is 2. The first-order valence-electron chi connectivity index (χ1n) is 10.2. The molecule has 34 heavy (non-hydrogen) atoms. The summed E-state index contributed by atoms with van der Waals surface area (Å²) in [4.78, 5) is 8.20. The van der Waals surface area contributed by atoms with Crippen molar-refractivity contribution in [2.24, 2.45) is 0 Å². The van der Waals surface area contributed by atoms with Gasteiger partial charge in [0.1, 0.15) is 11.8 Å². The largest absolute Gasteiger partial charge is 0.497 e. The van der Waals surface area contributed by atoms with Crippen LogP contribution in [0.5, 0.6) is 5.75 Å². The number of aryl methyl sites for hydroxylation is 3. The molecule has 0 spiro atoms. The van der Waals surface area contributed by atoms with Gasteiger partial charge in [-0.25, -0.2) is 18.4 Å². The van der Waals surface area contributed by atoms with Gasteiger partial charge < -0.3 is 4.74 Å². The van der Waals surface area contributed by atoms with E-state index in [4.69, 9.17) is 4.74 Å². The molecule has 1 aromatic heterocycles. The Hall–Kier alpha value is -2.63. The minimum atomic E-state index is -4.81. The van der Waals surface area contributed by atoms with Gasteiger partial charge in [-0.1, -0.05) is 29.5 Å². The van der Waals surface area contributed by atoms with Crippen molar-refractivity contribution in [3.8, 4) is 17.0 Å². The van der Waals surface area contributed by atoms with Crippen LogP contribution in [-0.4, -0.2) is 43.5 Å². The zero-order chi connectivity index (χ0) is 25.1. The van der Waals surface area contributed by atoms with Crippen molar-refractivity contribution in [1.82, 2.24) is 14.7 Å². The molecule has 3 aromatic rings. The normalized spacial score (nSPS) is 13.0. The highest BCUT2D eigenvalue weighted by molar-refractivity contribution is 7.99. The van der Waals surface area contributed by atoms with Gasteiger partial charge >= 0.3 is 6.18 Å². The molecule has 0 saturated heterocycles. The molecule has 2 aromatic carbocycles. The predicted octanol–water partition coefficient (Wildman–Crippen LogP) is 5.08. The molecule has 1 atom stereocenters. The number of aromatic nitrogens is 2. The van der Waals surface area contributed by atoms with Crippen molar-refractivity contribution in [3.05, 3.63) is 65.4 Å². The Morgan fingerprint density at radius 2 is 1.68 bits per heavy atom. The summed E-state index contributed by atoms with van der Waals surface area (Å²) in [5.41, 5.74) is 2.85. The minimum absolute atomic E-state index is 0.101. The van der Waals surface area contributed by atoms with Crippen molar-refractivity contribution in [3.63, 3.8) is 0 Å². The van der Waals surface area contributed by atoms with Gasteiger partial charge in [0.15, 0.2) is 5.16 Å². The number of hydrogen-bond donors (Lipinski definition) is 1. The number of ether oxygens (including phenoxy) is 1. The highest BCUT2D eigenvalue weighted by atomic mass is 32.2. The lowest BCUT2D eigenvalue weighted by molar-refractivity contribution is -0.145. The van der Waals surface area contributed by atoms with E-state index in [2.05, 4.69) is 9.97 Å². The summed E-state index contributed by atoms with van der Waals surface area (Å²) < 4.78 is 74.0. The molecule has 0 fully saturated rings. The average Bonchev–Trinajstić information content (AvgIpc) is 2.75. The van der Waals surface area contributed by atoms with E-state index in [9.17, 15) is 21.6 Å². The number of thioether (sulfide) groups is 1. The summed E-state index contributed by atoms with van der Waals surface area (Å²) in [5, 5.41) is 0.101. The third-order valence-corrected chi connectivity index (χ3v) is 7.70. The molecule has 0 amide bonds. The molecule has 0 aliphatic rings. The monoisotopic (exact) mass is 511 g/mol. The van der Waals surface area contributed by atoms with Crippen molar-refractivity contribution in [2.45, 2.75) is 43.0 Å². The quantitative estimate of drug-likeness (QED) is 0.336. The van der Waals surface area contributed by atoms with E-state index in [-0.39, 0.29) is 10.1 Å². The molecule has 0 aliphatic carbocycles. The van der Waals surface area contributed by atoms with Gasteiger partial charge in [-0.2, -0.15) is 17.9 Å². The van der Waals surface area contributed by atoms with Crippen molar-refractivity contribution in [1.29, 1.82) is 0 Å². The van der Waals surface area contributed by atoms with E-state index >= 15 is 0 Å². The first-order valence-corrected chi connectivity index (χ1v) is 12.6. The molecule has 0 saturated carbocycles. The summed E-state index contributed by atoms with van der Waals surface area (Å²) >= 11 is 0.725. The summed E-state index contributed by atoms with van der Waals surface area (Å²) in [7, 11) is -2.88. The molecule has 1 N–H and O–H groups in total. The maximum Gasteiger partial charge on any atom is 0.405 e. The summed E-state index contributed by atoms with van der Waals surface area (Å²) in [5.74, 6) is 0.0328. The van der Waals surface area contributed by atoms with Crippen LogP contribution in [-0.2, 0) is 10.0 Å². The SMILES string of the molecule is COc1ccc(-c2ccnc(SCC(NS(=O)(=O)c3c(C)cc(C)cc3C)C(F)(F)F)n2)cc1. The first-order chi connectivity index (χ1) is 15.9. The van der Waals surface area contributed by atoms with Crippen LogP contribution in [0.1, 0.15) is 16.7 Å². The number of benzene rings is 2. The lowest BCUT2D eigenvalue weighted by atomic mass is 10.1. The standard InChI is InChI=1S/C23H24F3N3O3S2/c1-14-11-15(2)21(16(3)12-14)34(30,31)29-20(23(24,25)26)13-33-22-27-10-9-19(28-22)17-5-7-18(32-4)8-6-17/h5-12,20,29H,13H2,1-4H3. The average molecular weight is 512 g/mol. The van der Waals surface area contributed by atoms with Gasteiger partial charge in [-0.3, -0.25) is 0 Å². The molecule has 11 heteroatoms. The maximum atomic E-state index is 13.8. The Morgan fingerprint density at radius 1 is 1.06 bits per heavy atom. The van der Waals surface area contributed by atoms with E-state index in [1.807, 2.05) is 4.72 Å². The lowest BCUT2D eigenvalue weighted by Crippen LogP contribution is -2.47. The second-order valence-corrected chi connectivity index (χ2v) is 10.3. The second kappa shape index (κ2) is 10.3. The fraction of sp³-hybridized carbons (Fsp3) is 0.304. The Morgan fingerprint density at radius 3 is 2.24 bits per heavy atom. The Balaban J connectivity index is 1.81. The molecule has 182 valence electrons. The lowest BCUT2D eigenvalue weighted by Gasteiger charge is -2.22. The van der Waals surface area contributed by atoms with Gasteiger partial charge in [0.25, 0.3) is 0 Å². The van der Waals surface area contributed by atoms with Crippen LogP contribution in [0.3, 0.4) is 0 Å². The molecule has 0 radical (unpaired) electrons. The van der Waals surface area contributed by atoms with E-state index in [0.29, 0.717) is 22.6 Å². The zero-order valence-electron chi connectivity index (χ0n) is 19.0. The van der Waals surface area contributed by atoms with E-state index < -0.39 is 28.0 Å². The number of nitrogens with one attached hydrogen (secondary N) is 1. The summed E-state index contributed by atoms with van der Waals surface area (Å²) in [6.07, 6.45) is -3.36. The van der Waals surface area contributed by atoms with Crippen LogP contribution in [0, 0.1) is 20.8 Å². The zero-order valence-corrected chi connectivity index (χ0v) is 20.6. The molecule has 3 rings (SSSR count). The Kier molecular flexibility index (Phi) is 7.89. The number of sulfonamides is 1.